The molecule has 0 amide bonds. The summed E-state index contributed by atoms with van der Waals surface area (Å²) in [5.74, 6) is -1.00. The van der Waals surface area contributed by atoms with Gasteiger partial charge in [-0.05, 0) is 44.3 Å². The Bertz CT molecular complexity index is 997. The summed E-state index contributed by atoms with van der Waals surface area (Å²) in [4.78, 5) is 13.7. The normalized spacial score (nSPS) is 11.1. The van der Waals surface area contributed by atoms with Crippen LogP contribution in [-0.2, 0) is 13.2 Å². The molecule has 5 nitrogen and oxygen atoms in total. The minimum Gasteiger partial charge on any atom is -0.488 e. The molecule has 0 aliphatic heterocycles. The second-order valence-corrected chi connectivity index (χ2v) is 7.23. The fraction of sp³-hybridized carbons (Fsp3) is 0.261. The molecule has 2 aromatic carbocycles. The van der Waals surface area contributed by atoms with Gasteiger partial charge in [0.1, 0.15) is 18.2 Å². The van der Waals surface area contributed by atoms with E-state index >= 15 is 0 Å². The highest BCUT2D eigenvalue weighted by Gasteiger charge is 2.21. The Labute approximate surface area is 170 Å². The lowest BCUT2D eigenvalue weighted by Gasteiger charge is -2.17. The van der Waals surface area contributed by atoms with Crippen molar-refractivity contribution in [2.75, 3.05) is 20.6 Å². The van der Waals surface area contributed by atoms with Crippen LogP contribution in [0.1, 0.15) is 21.5 Å². The first-order valence-corrected chi connectivity index (χ1v) is 9.41. The van der Waals surface area contributed by atoms with Crippen LogP contribution in [0.15, 0.2) is 54.7 Å². The minimum absolute atomic E-state index is 0.233. The van der Waals surface area contributed by atoms with Crippen molar-refractivity contribution in [3.8, 4) is 17.0 Å². The van der Waals surface area contributed by atoms with Gasteiger partial charge in [-0.25, -0.2) is 9.18 Å². The van der Waals surface area contributed by atoms with E-state index in [-0.39, 0.29) is 5.56 Å². The summed E-state index contributed by atoms with van der Waals surface area (Å²) in [7, 11) is 3.92. The van der Waals surface area contributed by atoms with Crippen LogP contribution < -0.4 is 4.74 Å². The minimum atomic E-state index is -0.985. The Kier molecular flexibility index (Phi) is 6.34. The molecule has 6 heteroatoms. The van der Waals surface area contributed by atoms with Crippen LogP contribution in [0.3, 0.4) is 0 Å². The molecule has 29 heavy (non-hydrogen) atoms. The molecule has 0 atom stereocenters. The number of hydrogen-bond acceptors (Lipinski definition) is 3. The standard InChI is InChI=1S/C23H25FN2O3/c1-16-20(23(27)28)14-26(12-11-25(2)3)22(16)19-10-9-18(24)13-21(19)29-15-17-7-5-4-6-8-17/h4-10,13-14H,11-12,15H2,1-3H3,(H,27,28). The Morgan fingerprint density at radius 1 is 1.17 bits per heavy atom. The molecule has 0 spiro atoms. The van der Waals surface area contributed by atoms with Crippen LogP contribution in [0, 0.1) is 12.7 Å². The average molecular weight is 396 g/mol. The fourth-order valence-electron chi connectivity index (χ4n) is 3.26. The number of hydrogen-bond donors (Lipinski definition) is 1. The highest BCUT2D eigenvalue weighted by Crippen LogP contribution is 2.36. The SMILES string of the molecule is Cc1c(C(=O)O)cn(CCN(C)C)c1-c1ccc(F)cc1OCc1ccccc1. The van der Waals surface area contributed by atoms with Crippen molar-refractivity contribution in [1.82, 2.24) is 9.47 Å². The van der Waals surface area contributed by atoms with Gasteiger partial charge in [-0.3, -0.25) is 0 Å². The second kappa shape index (κ2) is 8.92. The molecule has 152 valence electrons. The van der Waals surface area contributed by atoms with Crippen molar-refractivity contribution < 1.29 is 19.0 Å². The summed E-state index contributed by atoms with van der Waals surface area (Å²) < 4.78 is 21.8. The average Bonchev–Trinajstić information content (AvgIpc) is 3.02. The van der Waals surface area contributed by atoms with E-state index in [1.54, 1.807) is 19.2 Å². The number of aromatic nitrogens is 1. The summed E-state index contributed by atoms with van der Waals surface area (Å²) >= 11 is 0. The molecule has 1 heterocycles. The van der Waals surface area contributed by atoms with E-state index in [1.165, 1.54) is 12.1 Å². The number of nitrogens with zero attached hydrogens (tertiary/aromatic N) is 2. The lowest BCUT2D eigenvalue weighted by molar-refractivity contribution is 0.0696. The van der Waals surface area contributed by atoms with Gasteiger partial charge < -0.3 is 19.3 Å². The molecule has 0 saturated heterocycles. The zero-order chi connectivity index (χ0) is 21.0. The number of carboxylic acids is 1. The van der Waals surface area contributed by atoms with Gasteiger partial charge in [-0.1, -0.05) is 30.3 Å². The first kappa shape index (κ1) is 20.6. The number of ether oxygens (including phenoxy) is 1. The molecule has 0 radical (unpaired) electrons. The molecule has 0 aliphatic carbocycles. The molecule has 3 rings (SSSR count). The van der Waals surface area contributed by atoms with Crippen LogP contribution in [0.5, 0.6) is 5.75 Å². The summed E-state index contributed by atoms with van der Waals surface area (Å²) in [6.45, 7) is 3.41. The van der Waals surface area contributed by atoms with Gasteiger partial charge in [-0.2, -0.15) is 0 Å². The molecule has 0 aliphatic rings. The fourth-order valence-corrected chi connectivity index (χ4v) is 3.26. The van der Waals surface area contributed by atoms with Gasteiger partial charge in [0.15, 0.2) is 0 Å². The summed E-state index contributed by atoms with van der Waals surface area (Å²) in [5.41, 5.74) is 3.23. The molecule has 0 unspecified atom stereocenters. The Morgan fingerprint density at radius 3 is 2.55 bits per heavy atom. The first-order chi connectivity index (χ1) is 13.9. The maximum Gasteiger partial charge on any atom is 0.337 e. The largest absolute Gasteiger partial charge is 0.488 e. The third-order valence-electron chi connectivity index (χ3n) is 4.79. The van der Waals surface area contributed by atoms with Crippen LogP contribution in [-0.4, -0.2) is 41.2 Å². The predicted octanol–water partition coefficient (Wildman–Crippen LogP) is 4.44. The molecular weight excluding hydrogens is 371 g/mol. The monoisotopic (exact) mass is 396 g/mol. The maximum absolute atomic E-state index is 14.0. The van der Waals surface area contributed by atoms with Gasteiger partial charge in [0.05, 0.1) is 11.3 Å². The summed E-state index contributed by atoms with van der Waals surface area (Å²) in [5, 5.41) is 9.58. The van der Waals surface area contributed by atoms with Gasteiger partial charge in [-0.15, -0.1) is 0 Å². The van der Waals surface area contributed by atoms with Crippen molar-refractivity contribution in [2.24, 2.45) is 0 Å². The van der Waals surface area contributed by atoms with Gasteiger partial charge in [0.25, 0.3) is 0 Å². The Hall–Kier alpha value is -3.12. The summed E-state index contributed by atoms with van der Waals surface area (Å²) in [6, 6.07) is 14.0. The van der Waals surface area contributed by atoms with Gasteiger partial charge >= 0.3 is 5.97 Å². The van der Waals surface area contributed by atoms with E-state index in [9.17, 15) is 14.3 Å². The number of halogens is 1. The van der Waals surface area contributed by atoms with Crippen molar-refractivity contribution in [3.05, 3.63) is 77.2 Å². The Morgan fingerprint density at radius 2 is 1.90 bits per heavy atom. The number of carboxylic acid groups (broad SMARTS) is 1. The number of aromatic carboxylic acids is 1. The molecule has 0 saturated carbocycles. The first-order valence-electron chi connectivity index (χ1n) is 9.41. The van der Waals surface area contributed by atoms with Crippen LogP contribution in [0.2, 0.25) is 0 Å². The van der Waals surface area contributed by atoms with E-state index in [1.807, 2.05) is 53.9 Å². The van der Waals surface area contributed by atoms with Crippen LogP contribution in [0.25, 0.3) is 11.3 Å². The third kappa shape index (κ3) is 4.84. The number of rotatable bonds is 8. The number of carbonyl (C=O) groups is 1. The highest BCUT2D eigenvalue weighted by atomic mass is 19.1. The van der Waals surface area contributed by atoms with Crippen molar-refractivity contribution in [3.63, 3.8) is 0 Å². The van der Waals surface area contributed by atoms with Gasteiger partial charge in [0.2, 0.25) is 0 Å². The quantitative estimate of drug-likeness (QED) is 0.612. The summed E-state index contributed by atoms with van der Waals surface area (Å²) in [6.07, 6.45) is 1.64. The molecule has 1 aromatic heterocycles. The van der Waals surface area contributed by atoms with E-state index < -0.39 is 11.8 Å². The number of likely N-dealkylation sites (N-methyl/N-ethyl adjacent to an activating group) is 1. The molecule has 0 bridgehead atoms. The molecule has 1 N–H and O–H groups in total. The second-order valence-electron chi connectivity index (χ2n) is 7.23. The van der Waals surface area contributed by atoms with Crippen molar-refractivity contribution in [2.45, 2.75) is 20.1 Å². The molecular formula is C23H25FN2O3. The topological polar surface area (TPSA) is 54.7 Å². The smallest absolute Gasteiger partial charge is 0.337 e. The predicted molar refractivity (Wildman–Crippen MR) is 111 cm³/mol. The van der Waals surface area contributed by atoms with Crippen molar-refractivity contribution in [1.29, 1.82) is 0 Å². The van der Waals surface area contributed by atoms with E-state index in [0.29, 0.717) is 30.0 Å². The van der Waals surface area contributed by atoms with Gasteiger partial charge in [0, 0.05) is 30.9 Å². The third-order valence-corrected chi connectivity index (χ3v) is 4.79. The van der Waals surface area contributed by atoms with E-state index in [2.05, 4.69) is 0 Å². The van der Waals surface area contributed by atoms with E-state index in [4.69, 9.17) is 4.74 Å². The molecule has 3 aromatic rings. The highest BCUT2D eigenvalue weighted by molar-refractivity contribution is 5.92. The van der Waals surface area contributed by atoms with Crippen LogP contribution in [0.4, 0.5) is 4.39 Å². The molecule has 0 fully saturated rings. The van der Waals surface area contributed by atoms with Crippen LogP contribution >= 0.6 is 0 Å². The Balaban J connectivity index is 2.03. The number of benzene rings is 2. The lowest BCUT2D eigenvalue weighted by Crippen LogP contribution is -2.18. The maximum atomic E-state index is 14.0. The van der Waals surface area contributed by atoms with Crippen molar-refractivity contribution >= 4 is 5.97 Å². The zero-order valence-corrected chi connectivity index (χ0v) is 16.9. The lowest BCUT2D eigenvalue weighted by atomic mass is 10.0. The van der Waals surface area contributed by atoms with E-state index in [0.717, 1.165) is 17.8 Å². The zero-order valence-electron chi connectivity index (χ0n) is 16.9.